The molecule has 1 N–H and O–H groups in total. The number of likely N-dealkylation sites (tertiary alicyclic amines) is 1. The van der Waals surface area contributed by atoms with Crippen molar-refractivity contribution >= 4 is 16.8 Å². The molecule has 0 unspecified atom stereocenters. The molecule has 1 aliphatic heterocycles. The van der Waals surface area contributed by atoms with Gasteiger partial charge in [-0.3, -0.25) is 4.79 Å². The van der Waals surface area contributed by atoms with E-state index < -0.39 is 0 Å². The lowest BCUT2D eigenvalue weighted by molar-refractivity contribution is 0.0612. The Morgan fingerprint density at radius 2 is 2.00 bits per heavy atom. The molecule has 1 aliphatic rings. The summed E-state index contributed by atoms with van der Waals surface area (Å²) >= 11 is 0. The second-order valence-electron chi connectivity index (χ2n) is 7.33. The van der Waals surface area contributed by atoms with Gasteiger partial charge in [0.1, 0.15) is 0 Å². The average molecular weight is 356 g/mol. The first-order valence-corrected chi connectivity index (χ1v) is 9.03. The Morgan fingerprint density at radius 3 is 2.65 bits per heavy atom. The topological polar surface area (TPSA) is 57.7 Å². The maximum absolute atomic E-state index is 13.0. The van der Waals surface area contributed by atoms with Crippen LogP contribution in [0.4, 0.5) is 0 Å². The SMILES string of the molecule is COc1cc(C(=O)NCC2(N(C)C)CCN(C)CC2)c2ccccc2n1. The fourth-order valence-corrected chi connectivity index (χ4v) is 3.60. The maximum atomic E-state index is 13.0. The largest absolute Gasteiger partial charge is 0.481 e. The van der Waals surface area contributed by atoms with Gasteiger partial charge in [-0.05, 0) is 53.1 Å². The zero-order valence-corrected chi connectivity index (χ0v) is 16.1. The number of carbonyl (C=O) groups excluding carboxylic acids is 1. The molecular formula is C20H28N4O2. The van der Waals surface area contributed by atoms with Crippen LogP contribution >= 0.6 is 0 Å². The van der Waals surface area contributed by atoms with Crippen LogP contribution in [0.2, 0.25) is 0 Å². The van der Waals surface area contributed by atoms with Crippen LogP contribution in [0, 0.1) is 0 Å². The summed E-state index contributed by atoms with van der Waals surface area (Å²) < 4.78 is 5.27. The lowest BCUT2D eigenvalue weighted by Crippen LogP contribution is -2.57. The number of piperidine rings is 1. The van der Waals surface area contributed by atoms with Gasteiger partial charge in [-0.15, -0.1) is 0 Å². The van der Waals surface area contributed by atoms with E-state index in [1.165, 1.54) is 0 Å². The van der Waals surface area contributed by atoms with Gasteiger partial charge < -0.3 is 19.9 Å². The van der Waals surface area contributed by atoms with Crippen LogP contribution in [0.5, 0.6) is 5.88 Å². The third kappa shape index (κ3) is 3.66. The van der Waals surface area contributed by atoms with Crippen molar-refractivity contribution in [2.45, 2.75) is 18.4 Å². The molecule has 2 heterocycles. The molecule has 0 radical (unpaired) electrons. The van der Waals surface area contributed by atoms with Crippen molar-refractivity contribution in [2.24, 2.45) is 0 Å². The number of para-hydroxylation sites is 1. The van der Waals surface area contributed by atoms with Crippen LogP contribution in [-0.4, -0.2) is 74.1 Å². The van der Waals surface area contributed by atoms with Crippen molar-refractivity contribution in [3.63, 3.8) is 0 Å². The molecular weight excluding hydrogens is 328 g/mol. The number of carbonyl (C=O) groups is 1. The lowest BCUT2D eigenvalue weighted by atomic mass is 9.86. The minimum atomic E-state index is -0.0814. The van der Waals surface area contributed by atoms with Gasteiger partial charge in [0.2, 0.25) is 5.88 Å². The summed E-state index contributed by atoms with van der Waals surface area (Å²) in [6, 6.07) is 9.37. The van der Waals surface area contributed by atoms with Gasteiger partial charge in [0.05, 0.1) is 18.2 Å². The number of likely N-dealkylation sites (N-methyl/N-ethyl adjacent to an activating group) is 1. The Morgan fingerprint density at radius 1 is 1.31 bits per heavy atom. The zero-order chi connectivity index (χ0) is 18.7. The van der Waals surface area contributed by atoms with Crippen LogP contribution < -0.4 is 10.1 Å². The van der Waals surface area contributed by atoms with Crippen molar-refractivity contribution < 1.29 is 9.53 Å². The zero-order valence-electron chi connectivity index (χ0n) is 16.1. The molecule has 0 saturated carbocycles. The molecule has 2 aromatic rings. The highest BCUT2D eigenvalue weighted by molar-refractivity contribution is 6.06. The number of ether oxygens (including phenoxy) is 1. The predicted molar refractivity (Wildman–Crippen MR) is 104 cm³/mol. The summed E-state index contributed by atoms with van der Waals surface area (Å²) in [4.78, 5) is 22.0. The number of methoxy groups -OCH3 is 1. The molecule has 0 bridgehead atoms. The quantitative estimate of drug-likeness (QED) is 0.888. The highest BCUT2D eigenvalue weighted by Gasteiger charge is 2.36. The molecule has 0 aliphatic carbocycles. The van der Waals surface area contributed by atoms with Gasteiger partial charge in [-0.25, -0.2) is 4.98 Å². The van der Waals surface area contributed by atoms with Gasteiger partial charge in [-0.1, -0.05) is 18.2 Å². The Kier molecular flexibility index (Phi) is 5.44. The van der Waals surface area contributed by atoms with Crippen LogP contribution in [-0.2, 0) is 0 Å². The van der Waals surface area contributed by atoms with Crippen molar-refractivity contribution in [3.8, 4) is 5.88 Å². The fourth-order valence-electron chi connectivity index (χ4n) is 3.60. The third-order valence-corrected chi connectivity index (χ3v) is 5.59. The molecule has 6 nitrogen and oxygen atoms in total. The van der Waals surface area contributed by atoms with Crippen molar-refractivity contribution in [1.82, 2.24) is 20.1 Å². The van der Waals surface area contributed by atoms with E-state index in [4.69, 9.17) is 4.74 Å². The second-order valence-corrected chi connectivity index (χ2v) is 7.33. The van der Waals surface area contributed by atoms with Crippen LogP contribution in [0.15, 0.2) is 30.3 Å². The number of rotatable bonds is 5. The van der Waals surface area contributed by atoms with Crippen LogP contribution in [0.1, 0.15) is 23.2 Å². The summed E-state index contributed by atoms with van der Waals surface area (Å²) in [6.07, 6.45) is 2.08. The van der Waals surface area contributed by atoms with E-state index in [9.17, 15) is 4.79 Å². The predicted octanol–water partition coefficient (Wildman–Crippen LogP) is 2.00. The first kappa shape index (κ1) is 18.6. The Labute approximate surface area is 155 Å². The van der Waals surface area contributed by atoms with E-state index in [1.54, 1.807) is 13.2 Å². The maximum Gasteiger partial charge on any atom is 0.252 e. The summed E-state index contributed by atoms with van der Waals surface area (Å²) in [5.41, 5.74) is 1.36. The highest BCUT2D eigenvalue weighted by atomic mass is 16.5. The van der Waals surface area contributed by atoms with Crippen LogP contribution in [0.3, 0.4) is 0 Å². The Balaban J connectivity index is 1.83. The average Bonchev–Trinajstić information content (AvgIpc) is 2.66. The van der Waals surface area contributed by atoms with Crippen molar-refractivity contribution in [3.05, 3.63) is 35.9 Å². The van der Waals surface area contributed by atoms with E-state index in [-0.39, 0.29) is 11.4 Å². The van der Waals surface area contributed by atoms with E-state index in [2.05, 4.69) is 41.2 Å². The number of fused-ring (bicyclic) bond motifs is 1. The molecule has 140 valence electrons. The minimum Gasteiger partial charge on any atom is -0.481 e. The number of nitrogens with zero attached hydrogens (tertiary/aromatic N) is 3. The smallest absolute Gasteiger partial charge is 0.252 e. The number of benzene rings is 1. The standard InChI is InChI=1S/C20H28N4O2/c1-23(2)20(9-11-24(3)12-10-20)14-21-19(25)16-13-18(26-4)22-17-8-6-5-7-15(16)17/h5-8,13H,9-12,14H2,1-4H3,(H,21,25). The van der Waals surface area contributed by atoms with Gasteiger partial charge >= 0.3 is 0 Å². The first-order valence-electron chi connectivity index (χ1n) is 9.03. The molecule has 0 atom stereocenters. The van der Waals surface area contributed by atoms with Crippen molar-refractivity contribution in [2.75, 3.05) is 47.9 Å². The van der Waals surface area contributed by atoms with Gasteiger partial charge in [0.15, 0.2) is 0 Å². The molecule has 1 fully saturated rings. The van der Waals surface area contributed by atoms with Gasteiger partial charge in [-0.2, -0.15) is 0 Å². The molecule has 1 amide bonds. The van der Waals surface area contributed by atoms with Gasteiger partial charge in [0, 0.05) is 23.5 Å². The molecule has 1 saturated heterocycles. The number of aromatic nitrogens is 1. The number of hydrogen-bond donors (Lipinski definition) is 1. The van der Waals surface area contributed by atoms with E-state index in [1.807, 2.05) is 24.3 Å². The van der Waals surface area contributed by atoms with E-state index in [0.29, 0.717) is 18.0 Å². The molecule has 3 rings (SSSR count). The van der Waals surface area contributed by atoms with E-state index in [0.717, 1.165) is 36.8 Å². The highest BCUT2D eigenvalue weighted by Crippen LogP contribution is 2.27. The molecule has 1 aromatic carbocycles. The monoisotopic (exact) mass is 356 g/mol. The first-order chi connectivity index (χ1) is 12.4. The second kappa shape index (κ2) is 7.60. The van der Waals surface area contributed by atoms with Crippen molar-refractivity contribution in [1.29, 1.82) is 0 Å². The number of nitrogens with one attached hydrogen (secondary N) is 1. The Bertz CT molecular complexity index is 782. The van der Waals surface area contributed by atoms with Crippen LogP contribution in [0.25, 0.3) is 10.9 Å². The third-order valence-electron chi connectivity index (χ3n) is 5.59. The molecule has 6 heteroatoms. The van der Waals surface area contributed by atoms with E-state index >= 15 is 0 Å². The Hall–Kier alpha value is -2.18. The summed E-state index contributed by atoms with van der Waals surface area (Å²) in [6.45, 7) is 2.71. The minimum absolute atomic E-state index is 0.00487. The normalized spacial score (nSPS) is 17.4. The number of amides is 1. The molecule has 0 spiro atoms. The number of pyridine rings is 1. The summed E-state index contributed by atoms with van der Waals surface area (Å²) in [5.74, 6) is 0.373. The van der Waals surface area contributed by atoms with Gasteiger partial charge in [0.25, 0.3) is 5.91 Å². The summed E-state index contributed by atoms with van der Waals surface area (Å²) in [7, 11) is 7.91. The molecule has 1 aromatic heterocycles. The fraction of sp³-hybridized carbons (Fsp3) is 0.500. The summed E-state index contributed by atoms with van der Waals surface area (Å²) in [5, 5.41) is 4.01. The molecule has 26 heavy (non-hydrogen) atoms. The number of hydrogen-bond acceptors (Lipinski definition) is 5. The lowest BCUT2D eigenvalue weighted by Gasteiger charge is -2.45.